The first-order valence-electron chi connectivity index (χ1n) is 9.09. The Labute approximate surface area is 167 Å². The van der Waals surface area contributed by atoms with E-state index < -0.39 is 29.9 Å². The van der Waals surface area contributed by atoms with Crippen LogP contribution >= 0.6 is 11.8 Å². The minimum atomic E-state index is -1.05. The molecule has 3 atom stereocenters. The van der Waals surface area contributed by atoms with Gasteiger partial charge in [0.25, 0.3) is 0 Å². The van der Waals surface area contributed by atoms with Gasteiger partial charge in [0, 0.05) is 17.9 Å². The van der Waals surface area contributed by atoms with Gasteiger partial charge in [0.15, 0.2) is 6.10 Å². The third-order valence-electron chi connectivity index (χ3n) is 5.45. The number of rotatable bonds is 5. The minimum Gasteiger partial charge on any atom is -0.465 e. The van der Waals surface area contributed by atoms with Crippen molar-refractivity contribution in [2.24, 2.45) is 0 Å². The highest BCUT2D eigenvalue weighted by Crippen LogP contribution is 2.47. The van der Waals surface area contributed by atoms with Gasteiger partial charge in [-0.3, -0.25) is 9.59 Å². The van der Waals surface area contributed by atoms with Crippen LogP contribution in [0.5, 0.6) is 0 Å². The molecule has 0 saturated carbocycles. The molecule has 0 radical (unpaired) electrons. The van der Waals surface area contributed by atoms with Crippen LogP contribution in [0.3, 0.4) is 0 Å². The molecule has 0 unspecified atom stereocenters. The molecule has 0 aliphatic carbocycles. The maximum absolute atomic E-state index is 12.8. The number of methoxy groups -OCH3 is 1. The number of carbonyl (C=O) groups excluding carboxylic acids is 4. The highest BCUT2D eigenvalue weighted by molar-refractivity contribution is 8.01. The summed E-state index contributed by atoms with van der Waals surface area (Å²) in [4.78, 5) is 53.7. The summed E-state index contributed by atoms with van der Waals surface area (Å²) in [6, 6.07) is -0.683. The number of thioether (sulfide) groups is 1. The maximum Gasteiger partial charge on any atom is 0.339 e. The number of Topliss-reactive ketones (excluding diaryl/α,β-unsaturated/α-hetero) is 1. The maximum atomic E-state index is 12.8. The second-order valence-electron chi connectivity index (χ2n) is 7.33. The highest BCUT2D eigenvalue weighted by Gasteiger charge is 2.53. The van der Waals surface area contributed by atoms with Crippen molar-refractivity contribution in [3.05, 3.63) is 22.5 Å². The number of aromatic nitrogens is 1. The van der Waals surface area contributed by atoms with Crippen molar-refractivity contribution in [1.82, 2.24) is 9.88 Å². The average molecular weight is 408 g/mol. The van der Waals surface area contributed by atoms with E-state index in [4.69, 9.17) is 9.47 Å². The number of H-pyrrole nitrogens is 1. The zero-order valence-electron chi connectivity index (χ0n) is 16.6. The molecule has 28 heavy (non-hydrogen) atoms. The smallest absolute Gasteiger partial charge is 0.339 e. The summed E-state index contributed by atoms with van der Waals surface area (Å²) < 4.78 is 10.2. The Morgan fingerprint density at radius 1 is 1.32 bits per heavy atom. The van der Waals surface area contributed by atoms with Crippen LogP contribution in [0.1, 0.15) is 58.8 Å². The zero-order chi connectivity index (χ0) is 20.8. The number of amides is 1. The lowest BCUT2D eigenvalue weighted by molar-refractivity contribution is -0.155. The lowest BCUT2D eigenvalue weighted by Crippen LogP contribution is -2.47. The van der Waals surface area contributed by atoms with Crippen LogP contribution in [0.25, 0.3) is 0 Å². The van der Waals surface area contributed by atoms with Crippen LogP contribution in [-0.2, 0) is 19.1 Å². The second-order valence-corrected chi connectivity index (χ2v) is 8.83. The van der Waals surface area contributed by atoms with Crippen molar-refractivity contribution in [2.75, 3.05) is 12.9 Å². The fraction of sp³-hybridized carbons (Fsp3) is 0.579. The average Bonchev–Trinajstić information content (AvgIpc) is 3.24. The number of hydrogen-bond acceptors (Lipinski definition) is 7. The molecule has 0 aromatic carbocycles. The van der Waals surface area contributed by atoms with Gasteiger partial charge in [-0.25, -0.2) is 9.59 Å². The number of esters is 2. The molecule has 9 heteroatoms. The van der Waals surface area contributed by atoms with Gasteiger partial charge in [-0.2, -0.15) is 0 Å². The van der Waals surface area contributed by atoms with Crippen molar-refractivity contribution in [3.8, 4) is 0 Å². The predicted molar refractivity (Wildman–Crippen MR) is 102 cm³/mol. The van der Waals surface area contributed by atoms with Crippen molar-refractivity contribution in [3.63, 3.8) is 0 Å². The van der Waals surface area contributed by atoms with Gasteiger partial charge < -0.3 is 19.4 Å². The van der Waals surface area contributed by atoms with E-state index in [1.165, 1.54) is 14.0 Å². The first kappa shape index (κ1) is 20.4. The second kappa shape index (κ2) is 7.27. The van der Waals surface area contributed by atoms with Crippen LogP contribution in [0, 0.1) is 13.8 Å². The normalized spacial score (nSPS) is 24.8. The first-order chi connectivity index (χ1) is 13.1. The largest absolute Gasteiger partial charge is 0.465 e. The van der Waals surface area contributed by atoms with E-state index in [2.05, 4.69) is 4.98 Å². The predicted octanol–water partition coefficient (Wildman–Crippen LogP) is 1.99. The number of nitrogens with one attached hydrogen (secondary N) is 1. The Kier molecular flexibility index (Phi) is 5.31. The minimum absolute atomic E-state index is 0.0630. The van der Waals surface area contributed by atoms with Crippen LogP contribution in [0.15, 0.2) is 0 Å². The fourth-order valence-electron chi connectivity index (χ4n) is 3.91. The molecule has 0 bridgehead atoms. The lowest BCUT2D eigenvalue weighted by Gasteiger charge is -2.29. The standard InChI is InChI=1S/C19H24N2O6S/c1-9-14(18(25)26-5)10(2)20-15(9)16(23)11(3)27-17(24)12-8-28-19(4)7-6-13(22)21(12)19/h11-12,20H,6-8H2,1-5H3/t11-,12+,19+/m1/s1. The summed E-state index contributed by atoms with van der Waals surface area (Å²) in [6.07, 6.45) is 0.0645. The number of hydrogen-bond donors (Lipinski definition) is 1. The van der Waals surface area contributed by atoms with Gasteiger partial charge in [0.05, 0.1) is 23.2 Å². The highest BCUT2D eigenvalue weighted by atomic mass is 32.2. The molecule has 3 heterocycles. The number of aryl methyl sites for hydroxylation is 1. The Morgan fingerprint density at radius 3 is 2.64 bits per heavy atom. The molecule has 1 amide bonds. The SMILES string of the molecule is COC(=O)c1c(C)[nH]c(C(=O)[C@@H](C)OC(=O)[C@@H]2CS[C@@]3(C)CCC(=O)N23)c1C. The molecular weight excluding hydrogens is 384 g/mol. The summed E-state index contributed by atoms with van der Waals surface area (Å²) in [5, 5.41) is 0. The molecule has 1 aromatic heterocycles. The molecular formula is C19H24N2O6S. The Morgan fingerprint density at radius 2 is 2.00 bits per heavy atom. The monoisotopic (exact) mass is 408 g/mol. The molecule has 2 saturated heterocycles. The van der Waals surface area contributed by atoms with Crippen LogP contribution in [0.4, 0.5) is 0 Å². The van der Waals surface area contributed by atoms with E-state index >= 15 is 0 Å². The zero-order valence-corrected chi connectivity index (χ0v) is 17.4. The molecule has 1 aromatic rings. The molecule has 2 fully saturated rings. The lowest BCUT2D eigenvalue weighted by atomic mass is 10.1. The van der Waals surface area contributed by atoms with E-state index in [-0.39, 0.29) is 16.5 Å². The summed E-state index contributed by atoms with van der Waals surface area (Å²) in [7, 11) is 1.27. The van der Waals surface area contributed by atoms with Crippen molar-refractivity contribution in [2.45, 2.75) is 57.6 Å². The number of ether oxygens (including phenoxy) is 2. The van der Waals surface area contributed by atoms with Crippen LogP contribution < -0.4 is 0 Å². The Hall–Kier alpha value is -2.29. The van der Waals surface area contributed by atoms with Gasteiger partial charge in [0.2, 0.25) is 11.7 Å². The third-order valence-corrected chi connectivity index (χ3v) is 6.96. The number of nitrogens with zero attached hydrogens (tertiary/aromatic N) is 1. The number of carbonyl (C=O) groups is 4. The van der Waals surface area contributed by atoms with Gasteiger partial charge in [-0.05, 0) is 39.7 Å². The van der Waals surface area contributed by atoms with Gasteiger partial charge in [0.1, 0.15) is 6.04 Å². The molecule has 2 aliphatic heterocycles. The van der Waals surface area contributed by atoms with E-state index in [0.29, 0.717) is 35.4 Å². The summed E-state index contributed by atoms with van der Waals surface area (Å²) in [5.41, 5.74) is 1.48. The van der Waals surface area contributed by atoms with Gasteiger partial charge in [-0.1, -0.05) is 0 Å². The van der Waals surface area contributed by atoms with E-state index in [0.717, 1.165) is 0 Å². The molecule has 2 aliphatic rings. The third kappa shape index (κ3) is 3.21. The number of aromatic amines is 1. The molecule has 3 rings (SSSR count). The van der Waals surface area contributed by atoms with Crippen molar-refractivity contribution in [1.29, 1.82) is 0 Å². The molecule has 0 spiro atoms. The number of ketones is 1. The molecule has 8 nitrogen and oxygen atoms in total. The summed E-state index contributed by atoms with van der Waals surface area (Å²) in [5.74, 6) is -1.17. The van der Waals surface area contributed by atoms with Crippen molar-refractivity contribution < 1.29 is 28.7 Å². The molecule has 1 N–H and O–H groups in total. The van der Waals surface area contributed by atoms with Gasteiger partial charge >= 0.3 is 11.9 Å². The van der Waals surface area contributed by atoms with Gasteiger partial charge in [-0.15, -0.1) is 11.8 Å². The van der Waals surface area contributed by atoms with Crippen LogP contribution in [0.2, 0.25) is 0 Å². The Balaban J connectivity index is 1.74. The topological polar surface area (TPSA) is 106 Å². The fourth-order valence-corrected chi connectivity index (χ4v) is 5.33. The molecule has 152 valence electrons. The van der Waals surface area contributed by atoms with E-state index in [1.54, 1.807) is 30.5 Å². The quantitative estimate of drug-likeness (QED) is 0.587. The van der Waals surface area contributed by atoms with Crippen LogP contribution in [-0.4, -0.2) is 63.4 Å². The number of fused-ring (bicyclic) bond motifs is 1. The van der Waals surface area contributed by atoms with Crippen molar-refractivity contribution >= 4 is 35.4 Å². The van der Waals surface area contributed by atoms with E-state index in [1.807, 2.05) is 6.92 Å². The van der Waals surface area contributed by atoms with E-state index in [9.17, 15) is 19.2 Å². The summed E-state index contributed by atoms with van der Waals surface area (Å²) in [6.45, 7) is 6.74. The summed E-state index contributed by atoms with van der Waals surface area (Å²) >= 11 is 1.56. The first-order valence-corrected chi connectivity index (χ1v) is 10.1. The Bertz CT molecular complexity index is 863.